The molecular weight excluding hydrogens is 272 g/mol. The molecular formula is C16H21ClN2O. The van der Waals surface area contributed by atoms with Crippen LogP contribution in [0.5, 0.6) is 0 Å². The van der Waals surface area contributed by atoms with Crippen molar-refractivity contribution in [2.75, 3.05) is 13.1 Å². The minimum absolute atomic E-state index is 0. The quantitative estimate of drug-likeness (QED) is 0.890. The number of nitrogens with one attached hydrogen (secondary N) is 1. The van der Waals surface area contributed by atoms with Gasteiger partial charge >= 0.3 is 0 Å². The third kappa shape index (κ3) is 4.22. The van der Waals surface area contributed by atoms with E-state index in [-0.39, 0.29) is 24.2 Å². The Kier molecular flexibility index (Phi) is 6.49. The second-order valence-electron chi connectivity index (χ2n) is 4.86. The van der Waals surface area contributed by atoms with Crippen LogP contribution in [0.2, 0.25) is 0 Å². The van der Waals surface area contributed by atoms with Gasteiger partial charge in [-0.2, -0.15) is 0 Å². The standard InChI is InChI=1S/C16H20N2O.ClH/c1-12(11-17)16(19)18-9-8-13-6-7-14-4-2-3-5-15(14)10-13;/h2-7,10,12H,8-9,11,17H2,1H3,(H,18,19);1H. The van der Waals surface area contributed by atoms with E-state index in [4.69, 9.17) is 5.73 Å². The number of hydrogen-bond acceptors (Lipinski definition) is 2. The van der Waals surface area contributed by atoms with Crippen LogP contribution in [0.1, 0.15) is 12.5 Å². The van der Waals surface area contributed by atoms with E-state index in [1.807, 2.05) is 19.1 Å². The Morgan fingerprint density at radius 3 is 2.60 bits per heavy atom. The first-order valence-electron chi connectivity index (χ1n) is 6.66. The molecule has 1 amide bonds. The topological polar surface area (TPSA) is 55.1 Å². The molecule has 1 unspecified atom stereocenters. The molecule has 0 aliphatic carbocycles. The van der Waals surface area contributed by atoms with Crippen molar-refractivity contribution in [2.45, 2.75) is 13.3 Å². The summed E-state index contributed by atoms with van der Waals surface area (Å²) in [4.78, 5) is 11.6. The third-order valence-electron chi connectivity index (χ3n) is 3.33. The minimum Gasteiger partial charge on any atom is -0.355 e. The smallest absolute Gasteiger partial charge is 0.224 e. The van der Waals surface area contributed by atoms with Crippen molar-refractivity contribution in [3.05, 3.63) is 48.0 Å². The SMILES string of the molecule is CC(CN)C(=O)NCCc1ccc2ccccc2c1.Cl. The highest BCUT2D eigenvalue weighted by molar-refractivity contribution is 5.85. The van der Waals surface area contributed by atoms with E-state index in [1.54, 1.807) is 0 Å². The predicted molar refractivity (Wildman–Crippen MR) is 86.1 cm³/mol. The molecule has 0 fully saturated rings. The summed E-state index contributed by atoms with van der Waals surface area (Å²) in [6, 6.07) is 14.7. The molecule has 2 aromatic carbocycles. The molecule has 0 aliphatic heterocycles. The predicted octanol–water partition coefficient (Wildman–Crippen LogP) is 2.52. The van der Waals surface area contributed by atoms with E-state index in [2.05, 4.69) is 35.6 Å². The van der Waals surface area contributed by atoms with Gasteiger partial charge in [0.05, 0.1) is 0 Å². The highest BCUT2D eigenvalue weighted by Crippen LogP contribution is 2.15. The fourth-order valence-corrected chi connectivity index (χ4v) is 2.01. The van der Waals surface area contributed by atoms with Gasteiger partial charge in [-0.1, -0.05) is 49.4 Å². The maximum absolute atomic E-state index is 11.6. The van der Waals surface area contributed by atoms with Crippen molar-refractivity contribution < 1.29 is 4.79 Å². The molecule has 3 N–H and O–H groups in total. The lowest BCUT2D eigenvalue weighted by atomic mass is 10.1. The van der Waals surface area contributed by atoms with Gasteiger partial charge in [-0.15, -0.1) is 12.4 Å². The first-order valence-corrected chi connectivity index (χ1v) is 6.66. The number of benzene rings is 2. The van der Waals surface area contributed by atoms with Gasteiger partial charge in [0.25, 0.3) is 0 Å². The third-order valence-corrected chi connectivity index (χ3v) is 3.33. The molecule has 0 spiro atoms. The zero-order valence-electron chi connectivity index (χ0n) is 11.6. The van der Waals surface area contributed by atoms with Crippen LogP contribution in [-0.4, -0.2) is 19.0 Å². The van der Waals surface area contributed by atoms with Crippen LogP contribution >= 0.6 is 12.4 Å². The van der Waals surface area contributed by atoms with Crippen molar-refractivity contribution in [1.29, 1.82) is 0 Å². The second-order valence-corrected chi connectivity index (χ2v) is 4.86. The van der Waals surface area contributed by atoms with E-state index in [1.165, 1.54) is 16.3 Å². The van der Waals surface area contributed by atoms with E-state index in [9.17, 15) is 4.79 Å². The first-order chi connectivity index (χ1) is 9.20. The molecule has 0 saturated carbocycles. The van der Waals surface area contributed by atoms with Gasteiger partial charge in [-0.3, -0.25) is 4.79 Å². The normalized spacial score (nSPS) is 11.7. The molecule has 0 saturated heterocycles. The Bertz CT molecular complexity index is 571. The lowest BCUT2D eigenvalue weighted by molar-refractivity contribution is -0.124. The van der Waals surface area contributed by atoms with E-state index in [0.717, 1.165) is 6.42 Å². The number of amides is 1. The van der Waals surface area contributed by atoms with Crippen LogP contribution in [0.4, 0.5) is 0 Å². The summed E-state index contributed by atoms with van der Waals surface area (Å²) in [5.41, 5.74) is 6.69. The Labute approximate surface area is 126 Å². The summed E-state index contributed by atoms with van der Waals surface area (Å²) in [6.45, 7) is 2.88. The number of halogens is 1. The van der Waals surface area contributed by atoms with Crippen LogP contribution in [0, 0.1) is 5.92 Å². The van der Waals surface area contributed by atoms with Crippen molar-refractivity contribution in [3.8, 4) is 0 Å². The van der Waals surface area contributed by atoms with Crippen molar-refractivity contribution in [3.63, 3.8) is 0 Å². The zero-order valence-corrected chi connectivity index (χ0v) is 12.5. The van der Waals surface area contributed by atoms with Gasteiger partial charge in [0.1, 0.15) is 0 Å². The molecule has 3 nitrogen and oxygen atoms in total. The van der Waals surface area contributed by atoms with E-state index < -0.39 is 0 Å². The average Bonchev–Trinajstić information content (AvgIpc) is 2.46. The molecule has 4 heteroatoms. The fourth-order valence-electron chi connectivity index (χ4n) is 2.01. The van der Waals surface area contributed by atoms with Crippen molar-refractivity contribution >= 4 is 29.1 Å². The molecule has 108 valence electrons. The first kappa shape index (κ1) is 16.5. The summed E-state index contributed by atoms with van der Waals surface area (Å²) in [5, 5.41) is 5.39. The number of carbonyl (C=O) groups is 1. The number of carbonyl (C=O) groups excluding carboxylic acids is 1. The molecule has 0 bridgehead atoms. The molecule has 2 rings (SSSR count). The Balaban J connectivity index is 0.00000200. The van der Waals surface area contributed by atoms with Gasteiger partial charge in [0.15, 0.2) is 0 Å². The summed E-state index contributed by atoms with van der Waals surface area (Å²) in [6.07, 6.45) is 0.841. The van der Waals surface area contributed by atoms with E-state index >= 15 is 0 Å². The summed E-state index contributed by atoms with van der Waals surface area (Å²) in [7, 11) is 0. The van der Waals surface area contributed by atoms with Crippen LogP contribution in [-0.2, 0) is 11.2 Å². The highest BCUT2D eigenvalue weighted by Gasteiger charge is 2.09. The number of hydrogen-bond donors (Lipinski definition) is 2. The molecule has 0 radical (unpaired) electrons. The zero-order chi connectivity index (χ0) is 13.7. The van der Waals surface area contributed by atoms with Gasteiger partial charge in [-0.25, -0.2) is 0 Å². The monoisotopic (exact) mass is 292 g/mol. The molecule has 0 aliphatic rings. The van der Waals surface area contributed by atoms with Crippen LogP contribution < -0.4 is 11.1 Å². The maximum atomic E-state index is 11.6. The molecule has 1 atom stereocenters. The summed E-state index contributed by atoms with van der Waals surface area (Å²) in [5.74, 6) is -0.0834. The lowest BCUT2D eigenvalue weighted by Gasteiger charge is -2.10. The van der Waals surface area contributed by atoms with Crippen LogP contribution in [0.3, 0.4) is 0 Å². The number of fused-ring (bicyclic) bond motifs is 1. The molecule has 0 heterocycles. The Hall–Kier alpha value is -1.58. The van der Waals surface area contributed by atoms with Gasteiger partial charge in [-0.05, 0) is 22.8 Å². The number of nitrogens with two attached hydrogens (primary N) is 1. The van der Waals surface area contributed by atoms with E-state index in [0.29, 0.717) is 13.1 Å². The molecule has 0 aromatic heterocycles. The Morgan fingerprint density at radius 2 is 1.90 bits per heavy atom. The van der Waals surface area contributed by atoms with Crippen molar-refractivity contribution in [2.24, 2.45) is 11.7 Å². The second kappa shape index (κ2) is 7.88. The maximum Gasteiger partial charge on any atom is 0.224 e. The minimum atomic E-state index is -0.114. The van der Waals surface area contributed by atoms with Crippen LogP contribution in [0.25, 0.3) is 10.8 Å². The number of rotatable bonds is 5. The van der Waals surface area contributed by atoms with Gasteiger partial charge < -0.3 is 11.1 Å². The van der Waals surface area contributed by atoms with Crippen molar-refractivity contribution in [1.82, 2.24) is 5.32 Å². The fraction of sp³-hybridized carbons (Fsp3) is 0.312. The van der Waals surface area contributed by atoms with Crippen LogP contribution in [0.15, 0.2) is 42.5 Å². The largest absolute Gasteiger partial charge is 0.355 e. The van der Waals surface area contributed by atoms with Gasteiger partial charge in [0, 0.05) is 19.0 Å². The van der Waals surface area contributed by atoms with Gasteiger partial charge in [0.2, 0.25) is 5.91 Å². The summed E-state index contributed by atoms with van der Waals surface area (Å²) >= 11 is 0. The molecule has 20 heavy (non-hydrogen) atoms. The Morgan fingerprint density at radius 1 is 1.20 bits per heavy atom. The molecule has 2 aromatic rings. The lowest BCUT2D eigenvalue weighted by Crippen LogP contribution is -2.34. The average molecular weight is 293 g/mol. The summed E-state index contributed by atoms with van der Waals surface area (Å²) < 4.78 is 0. The highest BCUT2D eigenvalue weighted by atomic mass is 35.5.